The summed E-state index contributed by atoms with van der Waals surface area (Å²) in [6.45, 7) is 5.47. The van der Waals surface area contributed by atoms with Crippen LogP contribution in [0.25, 0.3) is 0 Å². The third-order valence-electron chi connectivity index (χ3n) is 7.15. The number of rotatable bonds is 5. The number of halogens is 1. The molecule has 2 aromatic rings. The first-order chi connectivity index (χ1) is 14.5. The van der Waals surface area contributed by atoms with E-state index in [1.54, 1.807) is 18.2 Å². The van der Waals surface area contributed by atoms with Crippen molar-refractivity contribution in [1.29, 1.82) is 0 Å². The number of hydrogen-bond acceptors (Lipinski definition) is 6. The van der Waals surface area contributed by atoms with Crippen molar-refractivity contribution in [1.82, 2.24) is 14.2 Å². The lowest BCUT2D eigenvalue weighted by Crippen LogP contribution is -2.56. The fourth-order valence-electron chi connectivity index (χ4n) is 5.32. The number of thiazole rings is 1. The molecule has 0 radical (unpaired) electrons. The van der Waals surface area contributed by atoms with E-state index >= 15 is 0 Å². The number of hydrogen-bond donors (Lipinski definition) is 0. The molecule has 2 unspecified atom stereocenters. The van der Waals surface area contributed by atoms with Gasteiger partial charge in [0.2, 0.25) is 0 Å². The van der Waals surface area contributed by atoms with Gasteiger partial charge in [0, 0.05) is 42.7 Å². The molecule has 2 atom stereocenters. The highest BCUT2D eigenvalue weighted by Gasteiger charge is 2.49. The predicted octanol–water partition coefficient (Wildman–Crippen LogP) is 5.36. The maximum Gasteiger partial charge on any atom is 0.125 e. The second-order valence-corrected chi connectivity index (χ2v) is 11.5. The van der Waals surface area contributed by atoms with Crippen LogP contribution in [0.15, 0.2) is 29.8 Å². The Bertz CT molecular complexity index is 886. The molecular formula is C23H31FN4S2. The number of nitrogens with zero attached hydrogens (tertiary/aromatic N) is 4. The molecule has 2 saturated heterocycles. The molecule has 0 bridgehead atoms. The number of piperidine rings is 1. The Kier molecular flexibility index (Phi) is 5.82. The number of anilines is 1. The Morgan fingerprint density at radius 2 is 2.17 bits per heavy atom. The van der Waals surface area contributed by atoms with Crippen LogP contribution in [0.3, 0.4) is 0 Å². The summed E-state index contributed by atoms with van der Waals surface area (Å²) in [6.07, 6.45) is 7.50. The molecule has 5 rings (SSSR count). The van der Waals surface area contributed by atoms with Crippen LogP contribution in [0.4, 0.5) is 10.1 Å². The molecule has 3 fully saturated rings. The van der Waals surface area contributed by atoms with Crippen molar-refractivity contribution in [2.24, 2.45) is 5.92 Å². The zero-order chi connectivity index (χ0) is 20.7. The molecule has 1 saturated carbocycles. The van der Waals surface area contributed by atoms with Gasteiger partial charge in [-0.05, 0) is 57.4 Å². The second-order valence-electron chi connectivity index (χ2n) is 9.36. The van der Waals surface area contributed by atoms with Gasteiger partial charge in [0.05, 0.1) is 22.4 Å². The van der Waals surface area contributed by atoms with Crippen LogP contribution in [0.5, 0.6) is 0 Å². The summed E-state index contributed by atoms with van der Waals surface area (Å²) in [5, 5.41) is 0. The highest BCUT2D eigenvalue weighted by molar-refractivity contribution is 7.98. The summed E-state index contributed by atoms with van der Waals surface area (Å²) >= 11 is 3.56. The summed E-state index contributed by atoms with van der Waals surface area (Å²) in [5.41, 5.74) is 4.42. The molecule has 1 aliphatic carbocycles. The van der Waals surface area contributed by atoms with Crippen molar-refractivity contribution < 1.29 is 4.39 Å². The summed E-state index contributed by atoms with van der Waals surface area (Å²) in [4.78, 5) is 8.80. The van der Waals surface area contributed by atoms with Gasteiger partial charge < -0.3 is 0 Å². The van der Waals surface area contributed by atoms with Crippen molar-refractivity contribution in [3.63, 3.8) is 0 Å². The Labute approximate surface area is 187 Å². The number of likely N-dealkylation sites (N-methyl/N-ethyl adjacent to an activating group) is 1. The molecule has 0 amide bonds. The average molecular weight is 447 g/mol. The third-order valence-corrected chi connectivity index (χ3v) is 9.18. The fourth-order valence-corrected chi connectivity index (χ4v) is 7.32. The first kappa shape index (κ1) is 20.7. The number of aromatic nitrogens is 1. The minimum atomic E-state index is -0.160. The van der Waals surface area contributed by atoms with Crippen LogP contribution in [0.1, 0.15) is 49.6 Å². The van der Waals surface area contributed by atoms with E-state index in [0.717, 1.165) is 44.1 Å². The van der Waals surface area contributed by atoms with Gasteiger partial charge in [0.15, 0.2) is 0 Å². The lowest BCUT2D eigenvalue weighted by Gasteiger charge is -2.47. The summed E-state index contributed by atoms with van der Waals surface area (Å²) in [7, 11) is 2.15. The predicted molar refractivity (Wildman–Crippen MR) is 124 cm³/mol. The summed E-state index contributed by atoms with van der Waals surface area (Å²) in [6, 6.07) is 7.55. The normalized spacial score (nSPS) is 28.4. The van der Waals surface area contributed by atoms with Gasteiger partial charge >= 0.3 is 0 Å². The SMILES string of the molecule is CC1CC2(CCN1Cc1scnc1CC1CCC1)CN(C)SN2c1cccc(F)c1. The van der Waals surface area contributed by atoms with Crippen molar-refractivity contribution >= 4 is 29.2 Å². The summed E-state index contributed by atoms with van der Waals surface area (Å²) < 4.78 is 18.6. The smallest absolute Gasteiger partial charge is 0.125 e. The zero-order valence-corrected chi connectivity index (χ0v) is 19.5. The molecule has 2 aliphatic heterocycles. The monoisotopic (exact) mass is 446 g/mol. The van der Waals surface area contributed by atoms with E-state index in [1.807, 2.05) is 29.0 Å². The van der Waals surface area contributed by atoms with Crippen molar-refractivity contribution in [3.8, 4) is 0 Å². The van der Waals surface area contributed by atoms with E-state index in [4.69, 9.17) is 4.98 Å². The molecular weight excluding hydrogens is 415 g/mol. The van der Waals surface area contributed by atoms with Gasteiger partial charge in [-0.25, -0.2) is 13.7 Å². The third kappa shape index (κ3) is 4.01. The largest absolute Gasteiger partial charge is 0.296 e. The van der Waals surface area contributed by atoms with Gasteiger partial charge in [-0.3, -0.25) is 9.21 Å². The van der Waals surface area contributed by atoms with E-state index in [-0.39, 0.29) is 11.4 Å². The molecule has 4 nitrogen and oxygen atoms in total. The molecule has 30 heavy (non-hydrogen) atoms. The highest BCUT2D eigenvalue weighted by Crippen LogP contribution is 2.47. The van der Waals surface area contributed by atoms with Crippen LogP contribution >= 0.6 is 23.5 Å². The lowest BCUT2D eigenvalue weighted by molar-refractivity contribution is 0.101. The second kappa shape index (κ2) is 8.41. The Morgan fingerprint density at radius 1 is 1.30 bits per heavy atom. The van der Waals surface area contributed by atoms with E-state index in [9.17, 15) is 4.39 Å². The van der Waals surface area contributed by atoms with Crippen LogP contribution in [-0.4, -0.2) is 45.9 Å². The van der Waals surface area contributed by atoms with Crippen LogP contribution in [0, 0.1) is 11.7 Å². The lowest BCUT2D eigenvalue weighted by atomic mass is 9.81. The average Bonchev–Trinajstić information content (AvgIpc) is 3.24. The van der Waals surface area contributed by atoms with E-state index in [1.165, 1.54) is 42.3 Å². The summed E-state index contributed by atoms with van der Waals surface area (Å²) in [5.74, 6) is 0.700. The number of benzene rings is 1. The topological polar surface area (TPSA) is 22.6 Å². The van der Waals surface area contributed by atoms with Gasteiger partial charge in [-0.1, -0.05) is 25.3 Å². The quantitative estimate of drug-likeness (QED) is 0.575. The van der Waals surface area contributed by atoms with E-state index in [2.05, 4.69) is 27.5 Å². The Hall–Kier alpha value is -1.15. The van der Waals surface area contributed by atoms with Crippen LogP contribution in [0.2, 0.25) is 0 Å². The van der Waals surface area contributed by atoms with Gasteiger partial charge in [-0.15, -0.1) is 11.3 Å². The minimum absolute atomic E-state index is 0.0611. The first-order valence-electron chi connectivity index (χ1n) is 11.1. The first-order valence-corrected chi connectivity index (χ1v) is 12.7. The molecule has 1 aromatic carbocycles. The van der Waals surface area contributed by atoms with Crippen LogP contribution in [-0.2, 0) is 13.0 Å². The molecule has 1 aromatic heterocycles. The molecule has 7 heteroatoms. The number of likely N-dealkylation sites (tertiary alicyclic amines) is 1. The van der Waals surface area contributed by atoms with Crippen molar-refractivity contribution in [2.75, 3.05) is 24.4 Å². The van der Waals surface area contributed by atoms with Gasteiger partial charge in [0.1, 0.15) is 5.82 Å². The zero-order valence-electron chi connectivity index (χ0n) is 17.9. The van der Waals surface area contributed by atoms with Gasteiger partial charge in [0.25, 0.3) is 0 Å². The molecule has 3 heterocycles. The standard InChI is InChI=1S/C23H31FN4S2/c1-17-13-23(15-26(2)30-28(23)20-8-4-7-19(24)12-20)9-10-27(17)14-22-21(25-16-29-22)11-18-5-3-6-18/h4,7-8,12,16-18H,3,5-6,9-11,13-15H2,1-2H3. The minimum Gasteiger partial charge on any atom is -0.296 e. The van der Waals surface area contributed by atoms with Crippen molar-refractivity contribution in [2.45, 2.75) is 63.6 Å². The Morgan fingerprint density at radius 3 is 2.90 bits per heavy atom. The maximum atomic E-state index is 13.9. The molecule has 3 aliphatic rings. The van der Waals surface area contributed by atoms with E-state index in [0.29, 0.717) is 6.04 Å². The molecule has 1 spiro atoms. The molecule has 0 N–H and O–H groups in total. The van der Waals surface area contributed by atoms with Gasteiger partial charge in [-0.2, -0.15) is 0 Å². The maximum absolute atomic E-state index is 13.9. The Balaban J connectivity index is 1.29. The van der Waals surface area contributed by atoms with Crippen LogP contribution < -0.4 is 4.31 Å². The van der Waals surface area contributed by atoms with E-state index < -0.39 is 0 Å². The molecule has 162 valence electrons. The fraction of sp³-hybridized carbons (Fsp3) is 0.609. The van der Waals surface area contributed by atoms with Crippen molar-refractivity contribution in [3.05, 3.63) is 46.2 Å². The highest BCUT2D eigenvalue weighted by atomic mass is 32.2.